The molecule has 2 aromatic rings. The van der Waals surface area contributed by atoms with Crippen molar-refractivity contribution < 1.29 is 4.79 Å². The van der Waals surface area contributed by atoms with Gasteiger partial charge in [-0.05, 0) is 19.4 Å². The normalized spacial score (nSPS) is 12.6. The Bertz CT molecular complexity index is 518. The topological polar surface area (TPSA) is 57.8 Å². The van der Waals surface area contributed by atoms with Crippen LogP contribution < -0.4 is 5.32 Å². The molecular formula is C13H17N3O. The van der Waals surface area contributed by atoms with E-state index in [1.165, 1.54) is 0 Å². The number of H-pyrrole nitrogens is 1. The average molecular weight is 231 g/mol. The first-order valence-corrected chi connectivity index (χ1v) is 5.96. The lowest BCUT2D eigenvalue weighted by Gasteiger charge is -2.11. The van der Waals surface area contributed by atoms with Crippen molar-refractivity contribution in [1.82, 2.24) is 15.5 Å². The molecule has 4 nitrogen and oxygen atoms in total. The molecule has 0 saturated heterocycles. The molecule has 1 atom stereocenters. The first kappa shape index (κ1) is 11.6. The summed E-state index contributed by atoms with van der Waals surface area (Å²) in [4.78, 5) is 12.0. The highest BCUT2D eigenvalue weighted by Crippen LogP contribution is 2.15. The van der Waals surface area contributed by atoms with Crippen LogP contribution in [-0.2, 0) is 0 Å². The number of hydrogen-bond acceptors (Lipinski definition) is 2. The van der Waals surface area contributed by atoms with Gasteiger partial charge in [-0.15, -0.1) is 0 Å². The predicted octanol–water partition coefficient (Wildman–Crippen LogP) is 2.48. The van der Waals surface area contributed by atoms with Crippen LogP contribution in [0.25, 0.3) is 10.9 Å². The number of nitrogens with zero attached hydrogens (tertiary/aromatic N) is 1. The molecule has 0 fully saturated rings. The van der Waals surface area contributed by atoms with E-state index in [9.17, 15) is 4.79 Å². The van der Waals surface area contributed by atoms with Crippen LogP contribution >= 0.6 is 0 Å². The molecule has 0 bridgehead atoms. The number of hydrogen-bond donors (Lipinski definition) is 2. The molecule has 2 rings (SSSR count). The van der Waals surface area contributed by atoms with E-state index in [1.807, 2.05) is 31.2 Å². The zero-order valence-corrected chi connectivity index (χ0v) is 10.2. The molecule has 0 saturated carbocycles. The smallest absolute Gasteiger partial charge is 0.272 e. The SMILES string of the molecule is CCC[C@@H](C)NC(=O)c1n[nH]c2ccccc12. The Morgan fingerprint density at radius 2 is 2.24 bits per heavy atom. The van der Waals surface area contributed by atoms with Gasteiger partial charge in [0.15, 0.2) is 5.69 Å². The molecule has 0 aliphatic carbocycles. The minimum absolute atomic E-state index is 0.108. The van der Waals surface area contributed by atoms with Crippen molar-refractivity contribution in [2.24, 2.45) is 0 Å². The van der Waals surface area contributed by atoms with E-state index < -0.39 is 0 Å². The second-order valence-electron chi connectivity index (χ2n) is 4.28. The van der Waals surface area contributed by atoms with E-state index in [2.05, 4.69) is 22.4 Å². The number of aromatic amines is 1. The lowest BCUT2D eigenvalue weighted by molar-refractivity contribution is 0.0935. The quantitative estimate of drug-likeness (QED) is 0.849. The first-order chi connectivity index (χ1) is 8.22. The van der Waals surface area contributed by atoms with E-state index in [-0.39, 0.29) is 11.9 Å². The molecule has 1 aromatic heterocycles. The van der Waals surface area contributed by atoms with Crippen LogP contribution in [0.2, 0.25) is 0 Å². The molecule has 1 amide bonds. The fraction of sp³-hybridized carbons (Fsp3) is 0.385. The van der Waals surface area contributed by atoms with Crippen LogP contribution in [0, 0.1) is 0 Å². The summed E-state index contributed by atoms with van der Waals surface area (Å²) < 4.78 is 0. The summed E-state index contributed by atoms with van der Waals surface area (Å²) in [6.45, 7) is 4.11. The Morgan fingerprint density at radius 1 is 1.47 bits per heavy atom. The summed E-state index contributed by atoms with van der Waals surface area (Å²) in [7, 11) is 0. The second kappa shape index (κ2) is 4.99. The van der Waals surface area contributed by atoms with Gasteiger partial charge in [0.2, 0.25) is 0 Å². The van der Waals surface area contributed by atoms with Crippen LogP contribution in [0.1, 0.15) is 37.2 Å². The Balaban J connectivity index is 2.19. The van der Waals surface area contributed by atoms with E-state index in [1.54, 1.807) is 0 Å². The molecule has 90 valence electrons. The van der Waals surface area contributed by atoms with E-state index >= 15 is 0 Å². The Kier molecular flexibility index (Phi) is 3.42. The van der Waals surface area contributed by atoms with Gasteiger partial charge in [-0.1, -0.05) is 31.5 Å². The van der Waals surface area contributed by atoms with Gasteiger partial charge < -0.3 is 5.32 Å². The number of amides is 1. The zero-order chi connectivity index (χ0) is 12.3. The molecule has 0 unspecified atom stereocenters. The van der Waals surface area contributed by atoms with E-state index in [0.29, 0.717) is 5.69 Å². The summed E-state index contributed by atoms with van der Waals surface area (Å²) >= 11 is 0. The Hall–Kier alpha value is -1.84. The van der Waals surface area contributed by atoms with Crippen molar-refractivity contribution in [3.8, 4) is 0 Å². The van der Waals surface area contributed by atoms with Crippen LogP contribution in [0.4, 0.5) is 0 Å². The van der Waals surface area contributed by atoms with Crippen LogP contribution in [0.3, 0.4) is 0 Å². The predicted molar refractivity (Wildman–Crippen MR) is 67.9 cm³/mol. The van der Waals surface area contributed by atoms with Crippen molar-refractivity contribution >= 4 is 16.8 Å². The van der Waals surface area contributed by atoms with Gasteiger partial charge in [-0.25, -0.2) is 0 Å². The fourth-order valence-electron chi connectivity index (χ4n) is 1.93. The molecule has 0 aliphatic rings. The van der Waals surface area contributed by atoms with E-state index in [0.717, 1.165) is 23.7 Å². The highest BCUT2D eigenvalue weighted by Gasteiger charge is 2.15. The Morgan fingerprint density at radius 3 is 3.00 bits per heavy atom. The molecule has 1 heterocycles. The number of fused-ring (bicyclic) bond motifs is 1. The highest BCUT2D eigenvalue weighted by molar-refractivity contribution is 6.04. The van der Waals surface area contributed by atoms with Gasteiger partial charge in [0.25, 0.3) is 5.91 Å². The first-order valence-electron chi connectivity index (χ1n) is 5.96. The minimum Gasteiger partial charge on any atom is -0.348 e. The van der Waals surface area contributed by atoms with Crippen molar-refractivity contribution in [2.75, 3.05) is 0 Å². The molecule has 0 radical (unpaired) electrons. The maximum absolute atomic E-state index is 12.0. The second-order valence-corrected chi connectivity index (χ2v) is 4.28. The largest absolute Gasteiger partial charge is 0.348 e. The maximum Gasteiger partial charge on any atom is 0.272 e. The number of rotatable bonds is 4. The van der Waals surface area contributed by atoms with Crippen molar-refractivity contribution in [1.29, 1.82) is 0 Å². The third-order valence-corrected chi connectivity index (χ3v) is 2.78. The summed E-state index contributed by atoms with van der Waals surface area (Å²) in [5.41, 5.74) is 1.37. The van der Waals surface area contributed by atoms with Gasteiger partial charge in [0.1, 0.15) is 0 Å². The van der Waals surface area contributed by atoms with E-state index in [4.69, 9.17) is 0 Å². The van der Waals surface area contributed by atoms with Crippen LogP contribution in [0.5, 0.6) is 0 Å². The van der Waals surface area contributed by atoms with Crippen LogP contribution in [-0.4, -0.2) is 22.1 Å². The number of nitrogens with one attached hydrogen (secondary N) is 2. The van der Waals surface area contributed by atoms with Gasteiger partial charge in [0.05, 0.1) is 5.52 Å². The van der Waals surface area contributed by atoms with Gasteiger partial charge >= 0.3 is 0 Å². The summed E-state index contributed by atoms with van der Waals surface area (Å²) in [5, 5.41) is 10.8. The monoisotopic (exact) mass is 231 g/mol. The molecule has 2 N–H and O–H groups in total. The Labute approximate surface area is 100 Å². The van der Waals surface area contributed by atoms with Gasteiger partial charge in [0, 0.05) is 11.4 Å². The maximum atomic E-state index is 12.0. The molecular weight excluding hydrogens is 214 g/mol. The molecule has 17 heavy (non-hydrogen) atoms. The molecule has 0 spiro atoms. The van der Waals surface area contributed by atoms with Crippen molar-refractivity contribution in [3.05, 3.63) is 30.0 Å². The standard InChI is InChI=1S/C13H17N3O/c1-3-6-9(2)14-13(17)12-10-7-4-5-8-11(10)15-16-12/h4-5,7-9H,3,6H2,1-2H3,(H,14,17)(H,15,16)/t9-/m1/s1. The van der Waals surface area contributed by atoms with Gasteiger partial charge in [-0.3, -0.25) is 9.89 Å². The zero-order valence-electron chi connectivity index (χ0n) is 10.2. The number of benzene rings is 1. The van der Waals surface area contributed by atoms with Gasteiger partial charge in [-0.2, -0.15) is 5.10 Å². The van der Waals surface area contributed by atoms with Crippen molar-refractivity contribution in [2.45, 2.75) is 32.7 Å². The number of carbonyl (C=O) groups is 1. The molecule has 0 aliphatic heterocycles. The number of aromatic nitrogens is 2. The van der Waals surface area contributed by atoms with Crippen LogP contribution in [0.15, 0.2) is 24.3 Å². The lowest BCUT2D eigenvalue weighted by atomic mass is 10.1. The third-order valence-electron chi connectivity index (χ3n) is 2.78. The fourth-order valence-corrected chi connectivity index (χ4v) is 1.93. The third kappa shape index (κ3) is 2.46. The summed E-state index contributed by atoms with van der Waals surface area (Å²) in [6, 6.07) is 7.82. The highest BCUT2D eigenvalue weighted by atomic mass is 16.2. The summed E-state index contributed by atoms with van der Waals surface area (Å²) in [5.74, 6) is -0.108. The minimum atomic E-state index is -0.108. The average Bonchev–Trinajstić information content (AvgIpc) is 2.72. The molecule has 4 heteroatoms. The number of para-hydroxylation sites is 1. The van der Waals surface area contributed by atoms with Crippen molar-refractivity contribution in [3.63, 3.8) is 0 Å². The molecule has 1 aromatic carbocycles. The number of carbonyl (C=O) groups excluding carboxylic acids is 1. The summed E-state index contributed by atoms with van der Waals surface area (Å²) in [6.07, 6.45) is 2.04. The lowest BCUT2D eigenvalue weighted by Crippen LogP contribution is -2.32.